The van der Waals surface area contributed by atoms with Crippen molar-refractivity contribution in [3.05, 3.63) is 17.2 Å². The van der Waals surface area contributed by atoms with Crippen molar-refractivity contribution in [2.45, 2.75) is 58.8 Å². The number of amides is 2. The van der Waals surface area contributed by atoms with Gasteiger partial charge >= 0.3 is 6.18 Å². The maximum absolute atomic E-state index is 13.6. The van der Waals surface area contributed by atoms with Crippen LogP contribution >= 0.6 is 0 Å². The number of hydrogen-bond donors (Lipinski definition) is 2. The van der Waals surface area contributed by atoms with Gasteiger partial charge in [-0.25, -0.2) is 4.98 Å². The molecule has 0 saturated carbocycles. The molecule has 2 rings (SSSR count). The van der Waals surface area contributed by atoms with Gasteiger partial charge in [0.25, 0.3) is 5.91 Å². The molecule has 0 saturated heterocycles. The Bertz CT molecular complexity index is 782. The second-order valence-electron chi connectivity index (χ2n) is 8.81. The van der Waals surface area contributed by atoms with E-state index in [2.05, 4.69) is 10.3 Å². The first-order valence-corrected chi connectivity index (χ1v) is 9.57. The van der Waals surface area contributed by atoms with Crippen LogP contribution in [0.5, 0.6) is 0 Å². The van der Waals surface area contributed by atoms with Crippen LogP contribution in [0.2, 0.25) is 0 Å². The van der Waals surface area contributed by atoms with E-state index >= 15 is 0 Å². The van der Waals surface area contributed by atoms with E-state index < -0.39 is 35.4 Å². The number of nitrogens with two attached hydrogens (primary N) is 1. The molecular weight excluding hydrogens is 387 g/mol. The number of fused-ring (bicyclic) bond motifs is 1. The van der Waals surface area contributed by atoms with E-state index in [4.69, 9.17) is 5.73 Å². The zero-order valence-electron chi connectivity index (χ0n) is 17.7. The van der Waals surface area contributed by atoms with Gasteiger partial charge in [0, 0.05) is 26.2 Å². The molecule has 0 spiro atoms. The lowest BCUT2D eigenvalue weighted by Crippen LogP contribution is -2.43. The normalized spacial score (nSPS) is 20.5. The molecule has 0 bridgehead atoms. The van der Waals surface area contributed by atoms with Gasteiger partial charge in [0.05, 0.1) is 11.6 Å². The molecule has 0 aliphatic carbocycles. The van der Waals surface area contributed by atoms with Crippen molar-refractivity contribution < 1.29 is 22.8 Å². The van der Waals surface area contributed by atoms with Crippen molar-refractivity contribution in [3.63, 3.8) is 0 Å². The third-order valence-corrected chi connectivity index (χ3v) is 5.55. The third-order valence-electron chi connectivity index (χ3n) is 5.55. The van der Waals surface area contributed by atoms with Crippen LogP contribution < -0.4 is 11.1 Å². The number of nitrogens with one attached hydrogen (secondary N) is 1. The summed E-state index contributed by atoms with van der Waals surface area (Å²) in [7, 11) is 3.32. The average Bonchev–Trinajstić information content (AvgIpc) is 2.85. The first-order valence-electron chi connectivity index (χ1n) is 9.57. The summed E-state index contributed by atoms with van der Waals surface area (Å²) in [5.41, 5.74) is 5.07. The maximum atomic E-state index is 13.6. The predicted molar refractivity (Wildman–Crippen MR) is 102 cm³/mol. The van der Waals surface area contributed by atoms with Gasteiger partial charge < -0.3 is 20.5 Å². The Balaban J connectivity index is 2.82. The molecule has 2 amide bonds. The molecule has 3 atom stereocenters. The third kappa shape index (κ3) is 4.57. The Morgan fingerprint density at radius 3 is 2.31 bits per heavy atom. The number of halogens is 3. The van der Waals surface area contributed by atoms with Gasteiger partial charge in [0.15, 0.2) is 5.69 Å². The SMILES string of the molecule is CNC(=O)[C@H](C1CCN(C)Cc2c(C(N)=O)nc(C(C)C(F)(F)F)n21)C(C)(C)C. The number of primary amides is 1. The fourth-order valence-corrected chi connectivity index (χ4v) is 4.09. The molecule has 1 aliphatic heterocycles. The fourth-order valence-electron chi connectivity index (χ4n) is 4.09. The van der Waals surface area contributed by atoms with Gasteiger partial charge in [0.1, 0.15) is 11.7 Å². The van der Waals surface area contributed by atoms with Crippen molar-refractivity contribution in [1.29, 1.82) is 0 Å². The number of rotatable bonds is 4. The number of alkyl halides is 3. The number of nitrogens with zero attached hydrogens (tertiary/aromatic N) is 3. The Morgan fingerprint density at radius 1 is 1.28 bits per heavy atom. The minimum Gasteiger partial charge on any atom is -0.364 e. The van der Waals surface area contributed by atoms with Crippen molar-refractivity contribution in [2.24, 2.45) is 17.1 Å². The molecular formula is C19H30F3N5O2. The Morgan fingerprint density at radius 2 is 1.86 bits per heavy atom. The smallest absolute Gasteiger partial charge is 0.364 e. The fraction of sp³-hybridized carbons (Fsp3) is 0.737. The van der Waals surface area contributed by atoms with E-state index in [0.29, 0.717) is 18.7 Å². The highest BCUT2D eigenvalue weighted by molar-refractivity contribution is 5.92. The van der Waals surface area contributed by atoms with Crippen molar-refractivity contribution >= 4 is 11.8 Å². The number of aromatic nitrogens is 2. The molecule has 1 aromatic heterocycles. The molecule has 10 heteroatoms. The second-order valence-corrected chi connectivity index (χ2v) is 8.81. The molecule has 0 fully saturated rings. The second kappa shape index (κ2) is 7.97. The molecule has 7 nitrogen and oxygen atoms in total. The standard InChI is InChI=1S/C19H30F3N5O2/c1-10(19(20,21)22)16-25-14(15(23)28)12-9-26(6)8-7-11(27(12)16)13(17(29)24-5)18(2,3)4/h10-11,13H,7-9H2,1-6H3,(H2,23,28)(H,24,29)/t10?,11?,13-/m0/s1. The first kappa shape index (κ1) is 23.2. The molecule has 29 heavy (non-hydrogen) atoms. The van der Waals surface area contributed by atoms with E-state index in [0.717, 1.165) is 6.92 Å². The number of hydrogen-bond acceptors (Lipinski definition) is 4. The Hall–Kier alpha value is -2.10. The van der Waals surface area contributed by atoms with Crippen LogP contribution in [0.4, 0.5) is 13.2 Å². The van der Waals surface area contributed by atoms with Crippen LogP contribution in [0.15, 0.2) is 0 Å². The van der Waals surface area contributed by atoms with Gasteiger partial charge in [-0.3, -0.25) is 9.59 Å². The zero-order chi connectivity index (χ0) is 22.3. The summed E-state index contributed by atoms with van der Waals surface area (Å²) in [4.78, 5) is 30.8. The maximum Gasteiger partial charge on any atom is 0.398 e. The van der Waals surface area contributed by atoms with E-state index in [9.17, 15) is 22.8 Å². The van der Waals surface area contributed by atoms with Gasteiger partial charge in [0.2, 0.25) is 5.91 Å². The zero-order valence-corrected chi connectivity index (χ0v) is 17.7. The van der Waals surface area contributed by atoms with E-state index in [1.807, 2.05) is 32.7 Å². The van der Waals surface area contributed by atoms with E-state index in [1.54, 1.807) is 0 Å². The van der Waals surface area contributed by atoms with Crippen LogP contribution in [0.1, 0.15) is 68.1 Å². The van der Waals surface area contributed by atoms with E-state index in [-0.39, 0.29) is 24.0 Å². The van der Waals surface area contributed by atoms with Gasteiger partial charge in [-0.1, -0.05) is 20.8 Å². The lowest BCUT2D eigenvalue weighted by molar-refractivity contribution is -0.148. The monoisotopic (exact) mass is 417 g/mol. The predicted octanol–water partition coefficient (Wildman–Crippen LogP) is 2.43. The summed E-state index contributed by atoms with van der Waals surface area (Å²) in [6.45, 7) is 7.41. The highest BCUT2D eigenvalue weighted by atomic mass is 19.4. The molecule has 2 heterocycles. The lowest BCUT2D eigenvalue weighted by Gasteiger charge is -2.37. The van der Waals surface area contributed by atoms with E-state index in [1.165, 1.54) is 11.6 Å². The number of carbonyl (C=O) groups excluding carboxylic acids is 2. The minimum absolute atomic E-state index is 0.167. The first-order chi connectivity index (χ1) is 13.2. The highest BCUT2D eigenvalue weighted by Crippen LogP contribution is 2.43. The summed E-state index contributed by atoms with van der Waals surface area (Å²) in [5, 5.41) is 2.64. The number of imidazole rings is 1. The molecule has 0 aromatic carbocycles. The molecule has 164 valence electrons. The summed E-state index contributed by atoms with van der Waals surface area (Å²) in [6.07, 6.45) is -4.12. The summed E-state index contributed by atoms with van der Waals surface area (Å²) < 4.78 is 42.3. The minimum atomic E-state index is -4.55. The van der Waals surface area contributed by atoms with Gasteiger partial charge in [-0.2, -0.15) is 13.2 Å². The molecule has 2 unspecified atom stereocenters. The molecule has 3 N–H and O–H groups in total. The van der Waals surface area contributed by atoms with Crippen molar-refractivity contribution in [1.82, 2.24) is 19.8 Å². The van der Waals surface area contributed by atoms with Crippen LogP contribution in [0.3, 0.4) is 0 Å². The van der Waals surface area contributed by atoms with Crippen molar-refractivity contribution in [3.8, 4) is 0 Å². The lowest BCUT2D eigenvalue weighted by atomic mass is 9.74. The quantitative estimate of drug-likeness (QED) is 0.787. The average molecular weight is 417 g/mol. The highest BCUT2D eigenvalue weighted by Gasteiger charge is 2.46. The van der Waals surface area contributed by atoms with Gasteiger partial charge in [-0.05, 0) is 25.8 Å². The van der Waals surface area contributed by atoms with Crippen LogP contribution in [-0.4, -0.2) is 53.1 Å². The van der Waals surface area contributed by atoms with Crippen molar-refractivity contribution in [2.75, 3.05) is 20.6 Å². The van der Waals surface area contributed by atoms with Gasteiger partial charge in [-0.15, -0.1) is 0 Å². The Labute approximate surface area is 168 Å². The topological polar surface area (TPSA) is 93.2 Å². The van der Waals surface area contributed by atoms with Crippen LogP contribution in [-0.2, 0) is 11.3 Å². The van der Waals surface area contributed by atoms with Crippen LogP contribution in [0.25, 0.3) is 0 Å². The molecule has 1 aromatic rings. The molecule has 0 radical (unpaired) electrons. The largest absolute Gasteiger partial charge is 0.398 e. The number of carbonyl (C=O) groups is 2. The Kier molecular flexibility index (Phi) is 6.37. The summed E-state index contributed by atoms with van der Waals surface area (Å²) in [5.74, 6) is -3.97. The summed E-state index contributed by atoms with van der Waals surface area (Å²) >= 11 is 0. The molecule has 1 aliphatic rings. The summed E-state index contributed by atoms with van der Waals surface area (Å²) in [6, 6.07) is -0.602. The van der Waals surface area contributed by atoms with Crippen LogP contribution in [0, 0.1) is 11.3 Å².